The number of aryl methyl sites for hydroxylation is 1. The molecule has 0 atom stereocenters. The van der Waals surface area contributed by atoms with Gasteiger partial charge in [0.2, 0.25) is 5.91 Å². The van der Waals surface area contributed by atoms with Gasteiger partial charge < -0.3 is 15.4 Å². The highest BCUT2D eigenvalue weighted by atomic mass is 32.1. The van der Waals surface area contributed by atoms with Crippen molar-refractivity contribution in [3.63, 3.8) is 0 Å². The third-order valence-corrected chi connectivity index (χ3v) is 4.88. The molecule has 2 aromatic carbocycles. The summed E-state index contributed by atoms with van der Waals surface area (Å²) in [5, 5.41) is 7.42. The van der Waals surface area contributed by atoms with Crippen LogP contribution in [0.4, 0.5) is 24.5 Å². The van der Waals surface area contributed by atoms with Gasteiger partial charge in [-0.15, -0.1) is 11.3 Å². The van der Waals surface area contributed by atoms with Gasteiger partial charge in [-0.25, -0.2) is 4.98 Å². The number of amides is 1. The Morgan fingerprint density at radius 3 is 2.50 bits per heavy atom. The molecule has 3 aromatic rings. The van der Waals surface area contributed by atoms with Gasteiger partial charge in [0.1, 0.15) is 23.9 Å². The van der Waals surface area contributed by atoms with E-state index in [2.05, 4.69) is 15.6 Å². The van der Waals surface area contributed by atoms with E-state index in [9.17, 15) is 18.0 Å². The number of nitrogens with one attached hydrogen (secondary N) is 2. The number of hydrogen-bond acceptors (Lipinski definition) is 5. The molecule has 5 nitrogen and oxygen atoms in total. The van der Waals surface area contributed by atoms with E-state index in [0.29, 0.717) is 12.3 Å². The standard InChI is InChI=1S/C21H20F3N3O2S/c1-14-6-8-16(9-7-14)29-11-20-26-15(12-30-20)10-19(28)27-18-5-3-2-4-17(18)25-13-21(22,23)24/h2-9,12,25H,10-11,13H2,1H3,(H,27,28). The van der Waals surface area contributed by atoms with Crippen LogP contribution in [0.3, 0.4) is 0 Å². The fraction of sp³-hybridized carbons (Fsp3) is 0.238. The largest absolute Gasteiger partial charge is 0.486 e. The number of halogens is 3. The zero-order valence-electron chi connectivity index (χ0n) is 16.1. The number of hydrogen-bond donors (Lipinski definition) is 2. The van der Waals surface area contributed by atoms with Crippen LogP contribution in [-0.4, -0.2) is 23.6 Å². The molecule has 3 rings (SSSR count). The first-order valence-corrected chi connectivity index (χ1v) is 9.99. The molecule has 0 fully saturated rings. The van der Waals surface area contributed by atoms with E-state index in [4.69, 9.17) is 4.74 Å². The van der Waals surface area contributed by atoms with Gasteiger partial charge in [0, 0.05) is 5.38 Å². The minimum absolute atomic E-state index is 0.00857. The number of benzene rings is 2. The number of rotatable bonds is 8. The number of aromatic nitrogens is 1. The highest BCUT2D eigenvalue weighted by Crippen LogP contribution is 2.24. The molecule has 0 bridgehead atoms. The minimum Gasteiger partial charge on any atom is -0.486 e. The van der Waals surface area contributed by atoms with E-state index in [1.54, 1.807) is 23.6 Å². The average Bonchev–Trinajstić information content (AvgIpc) is 3.13. The highest BCUT2D eigenvalue weighted by Gasteiger charge is 2.27. The number of anilines is 2. The molecule has 0 unspecified atom stereocenters. The Balaban J connectivity index is 1.54. The lowest BCUT2D eigenvalue weighted by molar-refractivity contribution is -0.116. The van der Waals surface area contributed by atoms with Crippen LogP contribution in [0.1, 0.15) is 16.3 Å². The molecular formula is C21H20F3N3O2S. The van der Waals surface area contributed by atoms with E-state index >= 15 is 0 Å². The smallest absolute Gasteiger partial charge is 0.405 e. The Hall–Kier alpha value is -3.07. The summed E-state index contributed by atoms with van der Waals surface area (Å²) in [5.74, 6) is 0.366. The van der Waals surface area contributed by atoms with E-state index < -0.39 is 12.7 Å². The van der Waals surface area contributed by atoms with Gasteiger partial charge in [0.25, 0.3) is 0 Å². The summed E-state index contributed by atoms with van der Waals surface area (Å²) in [6.45, 7) is 1.10. The summed E-state index contributed by atoms with van der Waals surface area (Å²) in [6, 6.07) is 13.9. The lowest BCUT2D eigenvalue weighted by Crippen LogP contribution is -2.22. The monoisotopic (exact) mass is 435 g/mol. The summed E-state index contributed by atoms with van der Waals surface area (Å²) >= 11 is 1.38. The Bertz CT molecular complexity index is 988. The molecule has 158 valence electrons. The molecule has 1 aromatic heterocycles. The predicted octanol–water partition coefficient (Wildman–Crippen LogP) is 5.19. The summed E-state index contributed by atoms with van der Waals surface area (Å²) in [5.41, 5.74) is 2.19. The van der Waals surface area contributed by atoms with E-state index in [-0.39, 0.29) is 23.7 Å². The van der Waals surface area contributed by atoms with Crippen LogP contribution in [0.25, 0.3) is 0 Å². The van der Waals surface area contributed by atoms with Crippen LogP contribution in [0, 0.1) is 6.92 Å². The van der Waals surface area contributed by atoms with Crippen molar-refractivity contribution in [3.05, 3.63) is 70.2 Å². The van der Waals surface area contributed by atoms with Crippen molar-refractivity contribution in [2.75, 3.05) is 17.2 Å². The maximum absolute atomic E-state index is 12.4. The van der Waals surface area contributed by atoms with Crippen LogP contribution in [0.15, 0.2) is 53.9 Å². The molecule has 0 aliphatic rings. The summed E-state index contributed by atoms with van der Waals surface area (Å²) < 4.78 is 43.0. The Labute approximate surface area is 175 Å². The van der Waals surface area contributed by atoms with Crippen molar-refractivity contribution < 1.29 is 22.7 Å². The molecule has 30 heavy (non-hydrogen) atoms. The topological polar surface area (TPSA) is 63.2 Å². The summed E-state index contributed by atoms with van der Waals surface area (Å²) in [6.07, 6.45) is -4.34. The van der Waals surface area contributed by atoms with Gasteiger partial charge in [-0.05, 0) is 31.2 Å². The van der Waals surface area contributed by atoms with E-state index in [1.807, 2.05) is 31.2 Å². The molecular weight excluding hydrogens is 415 g/mol. The Kier molecular flexibility index (Phi) is 6.94. The lowest BCUT2D eigenvalue weighted by Gasteiger charge is -2.14. The molecule has 1 heterocycles. The van der Waals surface area contributed by atoms with Gasteiger partial charge in [0.05, 0.1) is 23.5 Å². The minimum atomic E-state index is -4.35. The maximum Gasteiger partial charge on any atom is 0.405 e. The van der Waals surface area contributed by atoms with E-state index in [0.717, 1.165) is 16.3 Å². The molecule has 0 saturated carbocycles. The summed E-state index contributed by atoms with van der Waals surface area (Å²) in [4.78, 5) is 16.7. The second-order valence-electron chi connectivity index (χ2n) is 6.57. The van der Waals surface area contributed by atoms with E-state index in [1.165, 1.54) is 17.4 Å². The normalized spacial score (nSPS) is 11.2. The molecule has 2 N–H and O–H groups in total. The Morgan fingerprint density at radius 1 is 1.10 bits per heavy atom. The number of ether oxygens (including phenoxy) is 1. The predicted molar refractivity (Wildman–Crippen MR) is 111 cm³/mol. The van der Waals surface area contributed by atoms with Crippen molar-refractivity contribution in [2.45, 2.75) is 26.1 Å². The first-order valence-electron chi connectivity index (χ1n) is 9.11. The maximum atomic E-state index is 12.4. The first-order chi connectivity index (χ1) is 14.3. The van der Waals surface area contributed by atoms with Gasteiger partial charge in [-0.2, -0.15) is 13.2 Å². The molecule has 1 amide bonds. The number of nitrogens with zero attached hydrogens (tertiary/aromatic N) is 1. The van der Waals surface area contributed by atoms with Gasteiger partial charge >= 0.3 is 6.18 Å². The third-order valence-electron chi connectivity index (χ3n) is 4.00. The Morgan fingerprint density at radius 2 is 1.80 bits per heavy atom. The number of thiazole rings is 1. The molecule has 0 spiro atoms. The second-order valence-corrected chi connectivity index (χ2v) is 7.52. The highest BCUT2D eigenvalue weighted by molar-refractivity contribution is 7.09. The molecule has 0 saturated heterocycles. The van der Waals surface area contributed by atoms with Crippen LogP contribution < -0.4 is 15.4 Å². The van der Waals surface area contributed by atoms with Gasteiger partial charge in [-0.1, -0.05) is 29.8 Å². The first kappa shape index (κ1) is 21.6. The van der Waals surface area contributed by atoms with Gasteiger partial charge in [0.15, 0.2) is 0 Å². The lowest BCUT2D eigenvalue weighted by atomic mass is 10.2. The number of alkyl halides is 3. The number of carbonyl (C=O) groups is 1. The molecule has 0 radical (unpaired) electrons. The third kappa shape index (κ3) is 6.77. The van der Waals surface area contributed by atoms with Crippen molar-refractivity contribution in [1.82, 2.24) is 4.98 Å². The van der Waals surface area contributed by atoms with Crippen molar-refractivity contribution in [1.29, 1.82) is 0 Å². The van der Waals surface area contributed by atoms with Crippen LogP contribution in [0.5, 0.6) is 5.75 Å². The number of carbonyl (C=O) groups excluding carboxylic acids is 1. The van der Waals surface area contributed by atoms with Gasteiger partial charge in [-0.3, -0.25) is 4.79 Å². The molecule has 9 heteroatoms. The zero-order chi connectivity index (χ0) is 21.6. The van der Waals surface area contributed by atoms with Crippen molar-refractivity contribution in [2.24, 2.45) is 0 Å². The number of para-hydroxylation sites is 2. The van der Waals surface area contributed by atoms with Crippen LogP contribution in [0.2, 0.25) is 0 Å². The van der Waals surface area contributed by atoms with Crippen molar-refractivity contribution in [3.8, 4) is 5.75 Å². The quantitative estimate of drug-likeness (QED) is 0.511. The fourth-order valence-corrected chi connectivity index (χ4v) is 3.28. The molecule has 0 aliphatic carbocycles. The fourth-order valence-electron chi connectivity index (χ4n) is 2.58. The molecule has 0 aliphatic heterocycles. The van der Waals surface area contributed by atoms with Crippen LogP contribution >= 0.6 is 11.3 Å². The van der Waals surface area contributed by atoms with Crippen LogP contribution in [-0.2, 0) is 17.8 Å². The SMILES string of the molecule is Cc1ccc(OCc2nc(CC(=O)Nc3ccccc3NCC(F)(F)F)cs2)cc1. The van der Waals surface area contributed by atoms with Crippen molar-refractivity contribution >= 4 is 28.6 Å². The second kappa shape index (κ2) is 9.62. The zero-order valence-corrected chi connectivity index (χ0v) is 16.9. The average molecular weight is 435 g/mol. The summed E-state index contributed by atoms with van der Waals surface area (Å²) in [7, 11) is 0.